The third-order valence-electron chi connectivity index (χ3n) is 3.58. The molecule has 18 heavy (non-hydrogen) atoms. The molecule has 0 spiro atoms. The van der Waals surface area contributed by atoms with Crippen LogP contribution in [0.25, 0.3) is 0 Å². The van der Waals surface area contributed by atoms with E-state index in [0.29, 0.717) is 17.3 Å². The fourth-order valence-corrected chi connectivity index (χ4v) is 2.81. The summed E-state index contributed by atoms with van der Waals surface area (Å²) in [5.74, 6) is 0.0654. The Morgan fingerprint density at radius 3 is 2.89 bits per heavy atom. The van der Waals surface area contributed by atoms with Crippen LogP contribution in [0.2, 0.25) is 5.02 Å². The summed E-state index contributed by atoms with van der Waals surface area (Å²) in [6.45, 7) is 3.40. The predicted molar refractivity (Wildman–Crippen MR) is 74.9 cm³/mol. The number of carbonyl (C=O) groups excluding carboxylic acids is 1. The first kappa shape index (κ1) is 13.0. The zero-order valence-electron chi connectivity index (χ0n) is 10.7. The Morgan fingerprint density at radius 1 is 1.56 bits per heavy atom. The van der Waals surface area contributed by atoms with Crippen molar-refractivity contribution in [1.29, 1.82) is 0 Å². The van der Waals surface area contributed by atoms with Gasteiger partial charge in [0.05, 0.1) is 21.8 Å². The largest absolute Gasteiger partial charge is 0.397 e. The number of rotatable bonds is 2. The molecule has 0 radical (unpaired) electrons. The van der Waals surface area contributed by atoms with E-state index in [-0.39, 0.29) is 11.3 Å². The summed E-state index contributed by atoms with van der Waals surface area (Å²) in [4.78, 5) is 14.0. The fraction of sp³-hybridized carbons (Fsp3) is 0.462. The molecule has 98 valence electrons. The molecule has 1 aromatic rings. The second kappa shape index (κ2) is 4.69. The lowest BCUT2D eigenvalue weighted by atomic mass is 9.89. The molecule has 1 heterocycles. The molecule has 1 fully saturated rings. The lowest BCUT2D eigenvalue weighted by molar-refractivity contribution is -0.128. The number of amides is 1. The van der Waals surface area contributed by atoms with Crippen molar-refractivity contribution < 1.29 is 4.79 Å². The minimum absolute atomic E-state index is 0.0654. The molecule has 2 rings (SSSR count). The van der Waals surface area contributed by atoms with Gasteiger partial charge in [0.15, 0.2) is 0 Å². The van der Waals surface area contributed by atoms with Crippen LogP contribution in [-0.4, -0.2) is 26.0 Å². The van der Waals surface area contributed by atoms with E-state index >= 15 is 0 Å². The number of nitrogens with one attached hydrogen (secondary N) is 1. The van der Waals surface area contributed by atoms with Crippen LogP contribution in [0.1, 0.15) is 13.3 Å². The summed E-state index contributed by atoms with van der Waals surface area (Å²) >= 11 is 6.19. The number of nitrogens with zero attached hydrogens (tertiary/aromatic N) is 1. The van der Waals surface area contributed by atoms with Crippen LogP contribution in [0.3, 0.4) is 0 Å². The Labute approximate surface area is 112 Å². The number of nitrogens with two attached hydrogens (primary N) is 1. The van der Waals surface area contributed by atoms with Gasteiger partial charge in [0.25, 0.3) is 0 Å². The maximum atomic E-state index is 11.9. The van der Waals surface area contributed by atoms with Crippen molar-refractivity contribution in [3.8, 4) is 0 Å². The molecule has 5 heteroatoms. The standard InChI is InChI=1S/C13H18ClN3O/c1-13(12(18)16-2)6-7-17(8-13)11-9(14)4-3-5-10(11)15/h3-5H,6-8,15H2,1-2H3,(H,16,18). The third-order valence-corrected chi connectivity index (χ3v) is 3.89. The Bertz CT molecular complexity index is 457. The first-order chi connectivity index (χ1) is 8.48. The van der Waals surface area contributed by atoms with Gasteiger partial charge in [-0.2, -0.15) is 0 Å². The monoisotopic (exact) mass is 267 g/mol. The average Bonchev–Trinajstić information content (AvgIpc) is 2.72. The zero-order valence-corrected chi connectivity index (χ0v) is 11.4. The van der Waals surface area contributed by atoms with Gasteiger partial charge in [-0.05, 0) is 25.5 Å². The van der Waals surface area contributed by atoms with Crippen LogP contribution in [0.5, 0.6) is 0 Å². The maximum absolute atomic E-state index is 11.9. The van der Waals surface area contributed by atoms with Crippen LogP contribution < -0.4 is 16.0 Å². The zero-order chi connectivity index (χ0) is 13.3. The molecule has 4 nitrogen and oxygen atoms in total. The number of benzene rings is 1. The average molecular weight is 268 g/mol. The summed E-state index contributed by atoms with van der Waals surface area (Å²) in [5.41, 5.74) is 7.09. The van der Waals surface area contributed by atoms with Gasteiger partial charge in [0.1, 0.15) is 0 Å². The van der Waals surface area contributed by atoms with Crippen molar-refractivity contribution in [2.24, 2.45) is 5.41 Å². The van der Waals surface area contributed by atoms with Gasteiger partial charge in [0, 0.05) is 20.1 Å². The van der Waals surface area contributed by atoms with E-state index in [1.807, 2.05) is 25.1 Å². The van der Waals surface area contributed by atoms with Crippen LogP contribution in [0.15, 0.2) is 18.2 Å². The Balaban J connectivity index is 2.26. The molecule has 1 aliphatic rings. The number of anilines is 2. The molecule has 3 N–H and O–H groups in total. The van der Waals surface area contributed by atoms with Crippen LogP contribution in [0.4, 0.5) is 11.4 Å². The second-order valence-electron chi connectivity index (χ2n) is 4.99. The number of hydrogen-bond donors (Lipinski definition) is 2. The highest BCUT2D eigenvalue weighted by Gasteiger charge is 2.40. The Hall–Kier alpha value is -1.42. The van der Waals surface area contributed by atoms with E-state index < -0.39 is 0 Å². The summed E-state index contributed by atoms with van der Waals surface area (Å²) in [6.07, 6.45) is 0.803. The van der Waals surface area contributed by atoms with E-state index in [1.54, 1.807) is 7.05 Å². The Kier molecular flexibility index (Phi) is 3.39. The van der Waals surface area contributed by atoms with Crippen molar-refractivity contribution in [2.75, 3.05) is 30.8 Å². The van der Waals surface area contributed by atoms with Gasteiger partial charge in [-0.3, -0.25) is 4.79 Å². The molecule has 0 saturated carbocycles. The maximum Gasteiger partial charge on any atom is 0.227 e. The van der Waals surface area contributed by atoms with Gasteiger partial charge in [-0.1, -0.05) is 17.7 Å². The molecule has 0 aromatic heterocycles. The molecule has 1 aliphatic heterocycles. The molecule has 1 atom stereocenters. The van der Waals surface area contributed by atoms with Crippen molar-refractivity contribution >= 4 is 28.9 Å². The molecule has 1 saturated heterocycles. The summed E-state index contributed by atoms with van der Waals surface area (Å²) in [6, 6.07) is 5.48. The number of nitrogen functional groups attached to an aromatic ring is 1. The van der Waals surface area contributed by atoms with Crippen LogP contribution in [-0.2, 0) is 4.79 Å². The van der Waals surface area contributed by atoms with Gasteiger partial charge in [-0.15, -0.1) is 0 Å². The van der Waals surface area contributed by atoms with Gasteiger partial charge >= 0.3 is 0 Å². The van der Waals surface area contributed by atoms with E-state index in [9.17, 15) is 4.79 Å². The first-order valence-electron chi connectivity index (χ1n) is 5.99. The lowest BCUT2D eigenvalue weighted by Gasteiger charge is -2.25. The first-order valence-corrected chi connectivity index (χ1v) is 6.37. The molecule has 1 aromatic carbocycles. The summed E-state index contributed by atoms with van der Waals surface area (Å²) in [7, 11) is 1.67. The molecular weight excluding hydrogens is 250 g/mol. The van der Waals surface area contributed by atoms with Crippen molar-refractivity contribution in [1.82, 2.24) is 5.32 Å². The van der Waals surface area contributed by atoms with Crippen molar-refractivity contribution in [3.05, 3.63) is 23.2 Å². The fourth-order valence-electron chi connectivity index (χ4n) is 2.50. The highest BCUT2D eigenvalue weighted by atomic mass is 35.5. The van der Waals surface area contributed by atoms with Crippen molar-refractivity contribution in [3.63, 3.8) is 0 Å². The molecular formula is C13H18ClN3O. The summed E-state index contributed by atoms with van der Waals surface area (Å²) in [5, 5.41) is 3.35. The normalized spacial score (nSPS) is 23.2. The minimum atomic E-state index is -0.375. The second-order valence-corrected chi connectivity index (χ2v) is 5.40. The highest BCUT2D eigenvalue weighted by Crippen LogP contribution is 2.39. The molecule has 1 unspecified atom stereocenters. The SMILES string of the molecule is CNC(=O)C1(C)CCN(c2c(N)cccc2Cl)C1. The van der Waals surface area contributed by atoms with E-state index in [4.69, 9.17) is 17.3 Å². The topological polar surface area (TPSA) is 58.4 Å². The van der Waals surface area contributed by atoms with Crippen LogP contribution >= 0.6 is 11.6 Å². The van der Waals surface area contributed by atoms with Gasteiger partial charge in [0.2, 0.25) is 5.91 Å². The van der Waals surface area contributed by atoms with Gasteiger partial charge in [-0.25, -0.2) is 0 Å². The summed E-state index contributed by atoms with van der Waals surface area (Å²) < 4.78 is 0. The third kappa shape index (κ3) is 2.12. The van der Waals surface area contributed by atoms with Crippen LogP contribution in [0, 0.1) is 5.41 Å². The lowest BCUT2D eigenvalue weighted by Crippen LogP contribution is -2.39. The molecule has 0 bridgehead atoms. The Morgan fingerprint density at radius 2 is 2.28 bits per heavy atom. The number of halogens is 1. The minimum Gasteiger partial charge on any atom is -0.397 e. The quantitative estimate of drug-likeness (QED) is 0.805. The number of para-hydroxylation sites is 1. The van der Waals surface area contributed by atoms with E-state index in [2.05, 4.69) is 10.2 Å². The predicted octanol–water partition coefficient (Wildman–Crippen LogP) is 1.88. The smallest absolute Gasteiger partial charge is 0.227 e. The van der Waals surface area contributed by atoms with E-state index in [0.717, 1.165) is 18.7 Å². The number of carbonyl (C=O) groups is 1. The molecule has 1 amide bonds. The van der Waals surface area contributed by atoms with E-state index in [1.165, 1.54) is 0 Å². The van der Waals surface area contributed by atoms with Gasteiger partial charge < -0.3 is 16.0 Å². The number of hydrogen-bond acceptors (Lipinski definition) is 3. The molecule has 0 aliphatic carbocycles. The highest BCUT2D eigenvalue weighted by molar-refractivity contribution is 6.34. The van der Waals surface area contributed by atoms with Crippen molar-refractivity contribution in [2.45, 2.75) is 13.3 Å².